The normalized spacial score (nSPS) is 19.8. The minimum atomic E-state index is 0.187. The van der Waals surface area contributed by atoms with Gasteiger partial charge in [-0.3, -0.25) is 4.79 Å². The molecule has 2 nitrogen and oxygen atoms in total. The number of carbonyl (C=O) groups is 1. The molecule has 0 aliphatic carbocycles. The van der Waals surface area contributed by atoms with Crippen molar-refractivity contribution < 1.29 is 4.79 Å². The van der Waals surface area contributed by atoms with Crippen LogP contribution in [-0.2, 0) is 0 Å². The maximum absolute atomic E-state index is 12.6. The lowest BCUT2D eigenvalue weighted by Crippen LogP contribution is -2.32. The predicted molar refractivity (Wildman–Crippen MR) is 87.0 cm³/mol. The van der Waals surface area contributed by atoms with Crippen LogP contribution in [0, 0.1) is 12.8 Å². The van der Waals surface area contributed by atoms with Crippen molar-refractivity contribution in [3.8, 4) is 0 Å². The van der Waals surface area contributed by atoms with Gasteiger partial charge in [-0.05, 0) is 55.9 Å². The van der Waals surface area contributed by atoms with Crippen LogP contribution in [0.3, 0.4) is 0 Å². The van der Waals surface area contributed by atoms with E-state index in [0.717, 1.165) is 47.4 Å². The van der Waals surface area contributed by atoms with Crippen molar-refractivity contribution in [2.45, 2.75) is 46.0 Å². The molecule has 2 rings (SSSR count). The summed E-state index contributed by atoms with van der Waals surface area (Å²) in [5.41, 5.74) is 1.94. The Morgan fingerprint density at radius 1 is 1.30 bits per heavy atom. The van der Waals surface area contributed by atoms with E-state index in [-0.39, 0.29) is 5.91 Å². The van der Waals surface area contributed by atoms with Crippen LogP contribution in [0.5, 0.6) is 0 Å². The van der Waals surface area contributed by atoms with Crippen molar-refractivity contribution in [2.24, 2.45) is 5.92 Å². The number of rotatable bonds is 3. The number of amides is 1. The van der Waals surface area contributed by atoms with E-state index in [1.54, 1.807) is 0 Å². The molecule has 1 unspecified atom stereocenters. The second-order valence-corrected chi connectivity index (χ2v) is 6.81. The third-order valence-corrected chi connectivity index (χ3v) is 4.58. The Kier molecular flexibility index (Phi) is 5.64. The highest BCUT2D eigenvalue weighted by molar-refractivity contribution is 9.10. The maximum Gasteiger partial charge on any atom is 0.253 e. The number of carbonyl (C=O) groups excluding carboxylic acids is 1. The molecule has 0 radical (unpaired) electrons. The Balaban J connectivity index is 2.05. The highest BCUT2D eigenvalue weighted by Gasteiger charge is 2.21. The van der Waals surface area contributed by atoms with E-state index in [4.69, 9.17) is 0 Å². The number of likely N-dealkylation sites (tertiary alicyclic amines) is 1. The van der Waals surface area contributed by atoms with Gasteiger partial charge in [0.1, 0.15) is 0 Å². The Bertz CT molecular complexity index is 452. The summed E-state index contributed by atoms with van der Waals surface area (Å²) in [6, 6.07) is 5.96. The molecular formula is C17H24BrNO. The molecule has 20 heavy (non-hydrogen) atoms. The molecule has 0 bridgehead atoms. The topological polar surface area (TPSA) is 20.3 Å². The van der Waals surface area contributed by atoms with Gasteiger partial charge >= 0.3 is 0 Å². The average Bonchev–Trinajstić information content (AvgIpc) is 2.63. The van der Waals surface area contributed by atoms with Crippen LogP contribution < -0.4 is 0 Å². The van der Waals surface area contributed by atoms with Gasteiger partial charge in [0, 0.05) is 23.1 Å². The van der Waals surface area contributed by atoms with Crippen LogP contribution in [0.1, 0.15) is 54.9 Å². The summed E-state index contributed by atoms with van der Waals surface area (Å²) in [4.78, 5) is 14.7. The molecule has 0 N–H and O–H groups in total. The first-order valence-electron chi connectivity index (χ1n) is 7.66. The predicted octanol–water partition coefficient (Wildman–Crippen LogP) is 4.80. The SMILES string of the molecule is CCCC1CCCN(C(=O)c2cc(C)cc(Br)c2)CC1. The first-order chi connectivity index (χ1) is 9.60. The molecule has 0 aromatic heterocycles. The number of hydrogen-bond acceptors (Lipinski definition) is 1. The van der Waals surface area contributed by atoms with Gasteiger partial charge in [-0.2, -0.15) is 0 Å². The van der Waals surface area contributed by atoms with Gasteiger partial charge < -0.3 is 4.90 Å². The largest absolute Gasteiger partial charge is 0.339 e. The molecule has 1 aliphatic heterocycles. The molecule has 1 aliphatic rings. The van der Waals surface area contributed by atoms with Gasteiger partial charge in [0.15, 0.2) is 0 Å². The van der Waals surface area contributed by atoms with E-state index in [9.17, 15) is 4.79 Å². The summed E-state index contributed by atoms with van der Waals surface area (Å²) in [6.45, 7) is 6.10. The molecule has 1 amide bonds. The number of nitrogens with zero attached hydrogens (tertiary/aromatic N) is 1. The van der Waals surface area contributed by atoms with Crippen molar-refractivity contribution in [2.75, 3.05) is 13.1 Å². The molecule has 3 heteroatoms. The van der Waals surface area contributed by atoms with Crippen LogP contribution in [0.4, 0.5) is 0 Å². The molecular weight excluding hydrogens is 314 g/mol. The minimum absolute atomic E-state index is 0.187. The summed E-state index contributed by atoms with van der Waals surface area (Å²) in [6.07, 6.45) is 6.13. The van der Waals surface area contributed by atoms with Gasteiger partial charge in [-0.15, -0.1) is 0 Å². The monoisotopic (exact) mass is 337 g/mol. The van der Waals surface area contributed by atoms with Crippen LogP contribution >= 0.6 is 15.9 Å². The van der Waals surface area contributed by atoms with Gasteiger partial charge in [0.25, 0.3) is 5.91 Å². The summed E-state index contributed by atoms with van der Waals surface area (Å²) in [7, 11) is 0. The Hall–Kier alpha value is -0.830. The highest BCUT2D eigenvalue weighted by atomic mass is 79.9. The summed E-state index contributed by atoms with van der Waals surface area (Å²) in [5, 5.41) is 0. The van der Waals surface area contributed by atoms with Gasteiger partial charge in [0.2, 0.25) is 0 Å². The van der Waals surface area contributed by atoms with E-state index in [1.165, 1.54) is 19.3 Å². The van der Waals surface area contributed by atoms with E-state index < -0.39 is 0 Å². The van der Waals surface area contributed by atoms with E-state index in [2.05, 4.69) is 22.9 Å². The fourth-order valence-electron chi connectivity index (χ4n) is 3.11. The van der Waals surface area contributed by atoms with E-state index in [1.807, 2.05) is 30.0 Å². The highest BCUT2D eigenvalue weighted by Crippen LogP contribution is 2.24. The lowest BCUT2D eigenvalue weighted by atomic mass is 9.96. The van der Waals surface area contributed by atoms with Gasteiger partial charge in [0.05, 0.1) is 0 Å². The van der Waals surface area contributed by atoms with Gasteiger partial charge in [-0.25, -0.2) is 0 Å². The number of aryl methyl sites for hydroxylation is 1. The van der Waals surface area contributed by atoms with Crippen molar-refractivity contribution in [1.82, 2.24) is 4.90 Å². The Morgan fingerprint density at radius 2 is 2.10 bits per heavy atom. The first-order valence-corrected chi connectivity index (χ1v) is 8.46. The van der Waals surface area contributed by atoms with Crippen molar-refractivity contribution >= 4 is 21.8 Å². The zero-order valence-electron chi connectivity index (χ0n) is 12.5. The van der Waals surface area contributed by atoms with Gasteiger partial charge in [-0.1, -0.05) is 35.7 Å². The lowest BCUT2D eigenvalue weighted by Gasteiger charge is -2.21. The quantitative estimate of drug-likeness (QED) is 0.775. The Morgan fingerprint density at radius 3 is 2.80 bits per heavy atom. The summed E-state index contributed by atoms with van der Waals surface area (Å²) < 4.78 is 0.986. The van der Waals surface area contributed by atoms with Crippen molar-refractivity contribution in [1.29, 1.82) is 0 Å². The first kappa shape index (κ1) is 15.6. The number of benzene rings is 1. The van der Waals surface area contributed by atoms with Crippen molar-refractivity contribution in [3.05, 3.63) is 33.8 Å². The second kappa shape index (κ2) is 7.26. The standard InChI is InChI=1S/C17H24BrNO/c1-3-5-14-6-4-8-19(9-7-14)17(20)15-10-13(2)11-16(18)12-15/h10-12,14H,3-9H2,1-2H3. The third kappa shape index (κ3) is 4.08. The minimum Gasteiger partial charge on any atom is -0.339 e. The fraction of sp³-hybridized carbons (Fsp3) is 0.588. The van der Waals surface area contributed by atoms with Crippen LogP contribution in [-0.4, -0.2) is 23.9 Å². The lowest BCUT2D eigenvalue weighted by molar-refractivity contribution is 0.0759. The molecule has 0 spiro atoms. The molecule has 0 saturated carbocycles. The average molecular weight is 338 g/mol. The smallest absolute Gasteiger partial charge is 0.253 e. The van der Waals surface area contributed by atoms with E-state index in [0.29, 0.717) is 0 Å². The maximum atomic E-state index is 12.6. The molecule has 1 fully saturated rings. The van der Waals surface area contributed by atoms with Crippen molar-refractivity contribution in [3.63, 3.8) is 0 Å². The summed E-state index contributed by atoms with van der Waals surface area (Å²) >= 11 is 3.48. The number of hydrogen-bond donors (Lipinski definition) is 0. The Labute approximate surface area is 130 Å². The number of halogens is 1. The molecule has 1 heterocycles. The van der Waals surface area contributed by atoms with Crippen LogP contribution in [0.2, 0.25) is 0 Å². The second-order valence-electron chi connectivity index (χ2n) is 5.90. The molecule has 1 atom stereocenters. The zero-order valence-corrected chi connectivity index (χ0v) is 14.1. The van der Waals surface area contributed by atoms with Crippen LogP contribution in [0.25, 0.3) is 0 Å². The van der Waals surface area contributed by atoms with E-state index >= 15 is 0 Å². The van der Waals surface area contributed by atoms with Crippen LogP contribution in [0.15, 0.2) is 22.7 Å². The molecule has 110 valence electrons. The zero-order chi connectivity index (χ0) is 14.5. The molecule has 1 saturated heterocycles. The molecule has 1 aromatic carbocycles. The fourth-order valence-corrected chi connectivity index (χ4v) is 3.72. The summed E-state index contributed by atoms with van der Waals surface area (Å²) in [5.74, 6) is 0.994. The molecule has 1 aromatic rings. The third-order valence-electron chi connectivity index (χ3n) is 4.12.